The topological polar surface area (TPSA) is 49.9 Å². The first-order valence-electron chi connectivity index (χ1n) is 10.8. The Labute approximate surface area is 177 Å². The van der Waals surface area contributed by atoms with Crippen LogP contribution in [0.5, 0.6) is 5.75 Å². The number of anilines is 1. The Balaban J connectivity index is 1.79. The van der Waals surface area contributed by atoms with Crippen LogP contribution >= 0.6 is 0 Å². The second-order valence-electron chi connectivity index (χ2n) is 8.04. The SMILES string of the molecule is CCCOc1ccccc1N1C(=O)C(c2ccccc2)=C(N2CCCC(C)C2)C1=O. The first-order chi connectivity index (χ1) is 14.6. The molecule has 0 aliphatic carbocycles. The number of ether oxygens (including phenoxy) is 1. The average Bonchev–Trinajstić information content (AvgIpc) is 3.03. The zero-order valence-electron chi connectivity index (χ0n) is 17.6. The molecule has 1 fully saturated rings. The van der Waals surface area contributed by atoms with Crippen molar-refractivity contribution in [1.29, 1.82) is 0 Å². The molecular weight excluding hydrogens is 376 g/mol. The summed E-state index contributed by atoms with van der Waals surface area (Å²) < 4.78 is 5.86. The minimum Gasteiger partial charge on any atom is -0.491 e. The molecule has 5 heteroatoms. The maximum absolute atomic E-state index is 13.7. The van der Waals surface area contributed by atoms with E-state index in [1.54, 1.807) is 6.07 Å². The Morgan fingerprint density at radius 2 is 1.73 bits per heavy atom. The van der Waals surface area contributed by atoms with Crippen LogP contribution in [0.4, 0.5) is 5.69 Å². The van der Waals surface area contributed by atoms with Gasteiger partial charge in [-0.05, 0) is 42.9 Å². The zero-order valence-corrected chi connectivity index (χ0v) is 17.6. The molecule has 156 valence electrons. The number of piperidine rings is 1. The summed E-state index contributed by atoms with van der Waals surface area (Å²) in [7, 11) is 0. The lowest BCUT2D eigenvalue weighted by molar-refractivity contribution is -0.120. The lowest BCUT2D eigenvalue weighted by atomic mass is 9.98. The van der Waals surface area contributed by atoms with Crippen molar-refractivity contribution in [2.45, 2.75) is 33.1 Å². The highest BCUT2D eigenvalue weighted by Crippen LogP contribution is 2.39. The molecule has 0 N–H and O–H groups in total. The van der Waals surface area contributed by atoms with E-state index in [1.165, 1.54) is 4.90 Å². The molecule has 1 atom stereocenters. The van der Waals surface area contributed by atoms with Crippen molar-refractivity contribution in [2.24, 2.45) is 5.92 Å². The summed E-state index contributed by atoms with van der Waals surface area (Å²) >= 11 is 0. The number of hydrogen-bond acceptors (Lipinski definition) is 4. The molecular formula is C25H28N2O3. The number of likely N-dealkylation sites (tertiary alicyclic amines) is 1. The number of nitrogens with zero attached hydrogens (tertiary/aromatic N) is 2. The van der Waals surface area contributed by atoms with Crippen LogP contribution in [0.3, 0.4) is 0 Å². The lowest BCUT2D eigenvalue weighted by Gasteiger charge is -2.33. The van der Waals surface area contributed by atoms with Crippen LogP contribution in [-0.4, -0.2) is 36.4 Å². The molecule has 2 heterocycles. The van der Waals surface area contributed by atoms with Gasteiger partial charge in [-0.15, -0.1) is 0 Å². The monoisotopic (exact) mass is 404 g/mol. The maximum atomic E-state index is 13.7. The van der Waals surface area contributed by atoms with Crippen LogP contribution in [0.2, 0.25) is 0 Å². The molecule has 0 radical (unpaired) electrons. The molecule has 0 aromatic heterocycles. The molecule has 0 bridgehead atoms. The van der Waals surface area contributed by atoms with Crippen molar-refractivity contribution in [2.75, 3.05) is 24.6 Å². The molecule has 30 heavy (non-hydrogen) atoms. The van der Waals surface area contributed by atoms with Crippen LogP contribution in [0.25, 0.3) is 5.57 Å². The van der Waals surface area contributed by atoms with Crippen molar-refractivity contribution in [3.63, 3.8) is 0 Å². The molecule has 2 amide bonds. The molecule has 2 aliphatic heterocycles. The molecule has 2 aromatic carbocycles. The fourth-order valence-corrected chi connectivity index (χ4v) is 4.26. The van der Waals surface area contributed by atoms with Gasteiger partial charge in [-0.1, -0.05) is 56.3 Å². The molecule has 1 saturated heterocycles. The van der Waals surface area contributed by atoms with Crippen LogP contribution in [-0.2, 0) is 9.59 Å². The van der Waals surface area contributed by atoms with Gasteiger partial charge in [0.25, 0.3) is 11.8 Å². The predicted molar refractivity (Wildman–Crippen MR) is 118 cm³/mol. The molecule has 1 unspecified atom stereocenters. The predicted octanol–water partition coefficient (Wildman–Crippen LogP) is 4.49. The Morgan fingerprint density at radius 1 is 1.00 bits per heavy atom. The van der Waals surface area contributed by atoms with Gasteiger partial charge in [-0.3, -0.25) is 9.59 Å². The number of imide groups is 1. The highest BCUT2D eigenvalue weighted by molar-refractivity contribution is 6.45. The zero-order chi connectivity index (χ0) is 21.1. The number of carbonyl (C=O) groups excluding carboxylic acids is 2. The van der Waals surface area contributed by atoms with Crippen molar-refractivity contribution >= 4 is 23.1 Å². The number of hydrogen-bond donors (Lipinski definition) is 0. The Kier molecular flexibility index (Phi) is 5.88. The summed E-state index contributed by atoms with van der Waals surface area (Å²) in [5.41, 5.74) is 2.29. The quantitative estimate of drug-likeness (QED) is 0.666. The number of rotatable bonds is 6. The van der Waals surface area contributed by atoms with Crippen molar-refractivity contribution < 1.29 is 14.3 Å². The molecule has 0 spiro atoms. The standard InChI is InChI=1S/C25H28N2O3/c1-3-16-30-21-14-8-7-13-20(21)27-24(28)22(19-11-5-4-6-12-19)23(25(27)29)26-15-9-10-18(2)17-26/h4-8,11-14,18H,3,9-10,15-17H2,1-2H3. The number of para-hydroxylation sites is 2. The van der Waals surface area contributed by atoms with Crippen molar-refractivity contribution in [1.82, 2.24) is 4.90 Å². The first-order valence-corrected chi connectivity index (χ1v) is 10.8. The van der Waals surface area contributed by atoms with E-state index in [9.17, 15) is 9.59 Å². The van der Waals surface area contributed by atoms with E-state index in [0.29, 0.717) is 35.2 Å². The summed E-state index contributed by atoms with van der Waals surface area (Å²) in [6, 6.07) is 16.8. The van der Waals surface area contributed by atoms with Gasteiger partial charge in [0.15, 0.2) is 0 Å². The van der Waals surface area contributed by atoms with Crippen LogP contribution < -0.4 is 9.64 Å². The third-order valence-electron chi connectivity index (χ3n) is 5.66. The second-order valence-corrected chi connectivity index (χ2v) is 8.04. The maximum Gasteiger partial charge on any atom is 0.282 e. The minimum absolute atomic E-state index is 0.263. The minimum atomic E-state index is -0.285. The van der Waals surface area contributed by atoms with Gasteiger partial charge in [-0.2, -0.15) is 0 Å². The van der Waals surface area contributed by atoms with E-state index in [4.69, 9.17) is 4.74 Å². The third-order valence-corrected chi connectivity index (χ3v) is 5.66. The van der Waals surface area contributed by atoms with E-state index in [-0.39, 0.29) is 11.8 Å². The van der Waals surface area contributed by atoms with Crippen molar-refractivity contribution in [3.05, 3.63) is 65.9 Å². The van der Waals surface area contributed by atoms with Gasteiger partial charge in [0, 0.05) is 13.1 Å². The van der Waals surface area contributed by atoms with E-state index in [1.807, 2.05) is 55.5 Å². The second kappa shape index (κ2) is 8.74. The number of benzene rings is 2. The van der Waals surface area contributed by atoms with Gasteiger partial charge in [-0.25, -0.2) is 4.90 Å². The highest BCUT2D eigenvalue weighted by Gasteiger charge is 2.44. The van der Waals surface area contributed by atoms with Crippen LogP contribution in [0.15, 0.2) is 60.3 Å². The van der Waals surface area contributed by atoms with Gasteiger partial charge < -0.3 is 9.64 Å². The Hall–Kier alpha value is -3.08. The van der Waals surface area contributed by atoms with Gasteiger partial charge in [0.2, 0.25) is 0 Å². The van der Waals surface area contributed by atoms with Crippen LogP contribution in [0.1, 0.15) is 38.7 Å². The van der Waals surface area contributed by atoms with E-state index in [2.05, 4.69) is 11.8 Å². The number of carbonyl (C=O) groups is 2. The summed E-state index contributed by atoms with van der Waals surface area (Å²) in [4.78, 5) is 30.7. The van der Waals surface area contributed by atoms with E-state index >= 15 is 0 Å². The first kappa shape index (κ1) is 20.2. The molecule has 5 nitrogen and oxygen atoms in total. The van der Waals surface area contributed by atoms with Crippen LogP contribution in [0, 0.1) is 5.92 Å². The smallest absolute Gasteiger partial charge is 0.282 e. The largest absolute Gasteiger partial charge is 0.491 e. The van der Waals surface area contributed by atoms with E-state index in [0.717, 1.165) is 37.9 Å². The van der Waals surface area contributed by atoms with Gasteiger partial charge >= 0.3 is 0 Å². The molecule has 2 aliphatic rings. The van der Waals surface area contributed by atoms with Crippen molar-refractivity contribution in [3.8, 4) is 5.75 Å². The normalized spacial score (nSPS) is 19.6. The summed E-state index contributed by atoms with van der Waals surface area (Å²) in [6.45, 7) is 6.33. The highest BCUT2D eigenvalue weighted by atomic mass is 16.5. The third kappa shape index (κ3) is 3.72. The van der Waals surface area contributed by atoms with E-state index < -0.39 is 0 Å². The Bertz CT molecular complexity index is 967. The Morgan fingerprint density at radius 3 is 2.47 bits per heavy atom. The lowest BCUT2D eigenvalue weighted by Crippen LogP contribution is -2.39. The molecule has 4 rings (SSSR count). The summed E-state index contributed by atoms with van der Waals surface area (Å²) in [5, 5.41) is 0. The molecule has 2 aromatic rings. The summed E-state index contributed by atoms with van der Waals surface area (Å²) in [5.74, 6) is 0.495. The fourth-order valence-electron chi connectivity index (χ4n) is 4.26. The fraction of sp³-hybridized carbons (Fsp3) is 0.360. The van der Waals surface area contributed by atoms with Gasteiger partial charge in [0.05, 0.1) is 17.9 Å². The number of amides is 2. The molecule has 0 saturated carbocycles. The van der Waals surface area contributed by atoms with Gasteiger partial charge in [0.1, 0.15) is 11.4 Å². The average molecular weight is 405 g/mol. The summed E-state index contributed by atoms with van der Waals surface area (Å²) in [6.07, 6.45) is 3.01.